The fourth-order valence-electron chi connectivity index (χ4n) is 6.07. The van der Waals surface area contributed by atoms with Gasteiger partial charge in [0.2, 0.25) is 0 Å². The highest BCUT2D eigenvalue weighted by Gasteiger charge is 2.29. The maximum Gasteiger partial charge on any atom is 0.407 e. The molecule has 0 spiro atoms. The lowest BCUT2D eigenvalue weighted by atomic mass is 10.0. The van der Waals surface area contributed by atoms with Crippen LogP contribution in [0.25, 0.3) is 44.6 Å². The van der Waals surface area contributed by atoms with Gasteiger partial charge in [-0.15, -0.1) is 0 Å². The van der Waals surface area contributed by atoms with Crippen molar-refractivity contribution < 1.29 is 14.3 Å². The molecule has 0 unspecified atom stereocenters. The van der Waals surface area contributed by atoms with E-state index >= 15 is 0 Å². The molecule has 222 valence electrons. The summed E-state index contributed by atoms with van der Waals surface area (Å²) in [5.74, 6) is 0.727. The summed E-state index contributed by atoms with van der Waals surface area (Å²) in [5.41, 5.74) is 5.81. The summed E-state index contributed by atoms with van der Waals surface area (Å²) in [5, 5.41) is 4.00. The predicted octanol–water partition coefficient (Wildman–Crippen LogP) is 6.41. The van der Waals surface area contributed by atoms with Gasteiger partial charge in [0.15, 0.2) is 5.82 Å². The first kappa shape index (κ1) is 28.5. The molecule has 3 aromatic heterocycles. The molecule has 1 atom stereocenters. The van der Waals surface area contributed by atoms with Crippen LogP contribution in [0.5, 0.6) is 0 Å². The number of carbonyl (C=O) groups excluding carboxylic acids is 2. The number of nitrogens with one attached hydrogen (secondary N) is 1. The highest BCUT2D eigenvalue weighted by Crippen LogP contribution is 2.35. The number of hydrogen-bond acceptors (Lipinski definition) is 5. The minimum Gasteiger partial charge on any atom is -0.444 e. The Hall–Kier alpha value is -4.66. The van der Waals surface area contributed by atoms with Crippen LogP contribution in [-0.2, 0) is 18.3 Å². The van der Waals surface area contributed by atoms with Crippen LogP contribution in [-0.4, -0.2) is 60.7 Å². The third-order valence-electron chi connectivity index (χ3n) is 7.96. The van der Waals surface area contributed by atoms with Crippen LogP contribution in [0.15, 0.2) is 67.0 Å². The molecule has 43 heavy (non-hydrogen) atoms. The van der Waals surface area contributed by atoms with Gasteiger partial charge < -0.3 is 24.1 Å². The Kier molecular flexibility index (Phi) is 7.42. The number of likely N-dealkylation sites (tertiary alicyclic amines) is 1. The van der Waals surface area contributed by atoms with E-state index < -0.39 is 11.6 Å². The van der Waals surface area contributed by atoms with Crippen molar-refractivity contribution in [3.63, 3.8) is 0 Å². The SMILES string of the molecule is CCn1c(-c2nc3cc(C(=O)N4CCC[C@@H](OC(=O)NC(C)(C)C)C4)cc(-c4cccnc4)c3n2C)cc2ccccc21. The first-order valence-electron chi connectivity index (χ1n) is 14.9. The lowest BCUT2D eigenvalue weighted by molar-refractivity contribution is 0.0323. The average molecular weight is 579 g/mol. The van der Waals surface area contributed by atoms with E-state index in [1.165, 1.54) is 0 Å². The van der Waals surface area contributed by atoms with Crippen LogP contribution in [0.1, 0.15) is 50.9 Å². The molecule has 2 amide bonds. The fourth-order valence-corrected chi connectivity index (χ4v) is 6.07. The van der Waals surface area contributed by atoms with E-state index in [1.54, 1.807) is 11.1 Å². The predicted molar refractivity (Wildman–Crippen MR) is 169 cm³/mol. The van der Waals surface area contributed by atoms with Crippen LogP contribution in [0.3, 0.4) is 0 Å². The van der Waals surface area contributed by atoms with Crippen molar-refractivity contribution in [2.24, 2.45) is 7.05 Å². The molecule has 0 radical (unpaired) electrons. The number of carbonyl (C=O) groups is 2. The van der Waals surface area contributed by atoms with Crippen molar-refractivity contribution in [3.05, 3.63) is 72.6 Å². The van der Waals surface area contributed by atoms with Gasteiger partial charge in [0.1, 0.15) is 6.10 Å². The first-order chi connectivity index (χ1) is 20.6. The van der Waals surface area contributed by atoms with Gasteiger partial charge in [0, 0.05) is 65.7 Å². The molecule has 1 fully saturated rings. The van der Waals surface area contributed by atoms with Gasteiger partial charge in [0.05, 0.1) is 23.3 Å². The average Bonchev–Trinajstić information content (AvgIpc) is 3.52. The molecule has 9 heteroatoms. The summed E-state index contributed by atoms with van der Waals surface area (Å²) >= 11 is 0. The summed E-state index contributed by atoms with van der Waals surface area (Å²) in [6.07, 6.45) is 4.21. The minimum atomic E-state index is -0.461. The van der Waals surface area contributed by atoms with Crippen LogP contribution in [0.4, 0.5) is 4.79 Å². The lowest BCUT2D eigenvalue weighted by Gasteiger charge is -2.33. The Bertz CT molecular complexity index is 1820. The molecule has 2 aromatic carbocycles. The van der Waals surface area contributed by atoms with E-state index in [-0.39, 0.29) is 12.0 Å². The van der Waals surface area contributed by atoms with Crippen LogP contribution in [0, 0.1) is 0 Å². The summed E-state index contributed by atoms with van der Waals surface area (Å²) in [4.78, 5) is 37.7. The van der Waals surface area contributed by atoms with Gasteiger partial charge in [-0.25, -0.2) is 9.78 Å². The standard InChI is InChI=1S/C34H38N6O3/c1-6-40-28-14-8-7-11-22(28)19-29(40)31-36-27-18-24(17-26(30(27)38(31)5)23-12-9-15-35-20-23)32(41)39-16-10-13-25(21-39)43-33(42)37-34(2,3)4/h7-9,11-12,14-15,17-20,25H,6,10,13,16,21H2,1-5H3,(H,37,42)/t25-/m1/s1. The van der Waals surface area contributed by atoms with E-state index in [2.05, 4.69) is 50.6 Å². The number of aryl methyl sites for hydroxylation is 2. The van der Waals surface area contributed by atoms with E-state index in [1.807, 2.05) is 64.3 Å². The van der Waals surface area contributed by atoms with Crippen molar-refractivity contribution in [1.82, 2.24) is 29.3 Å². The van der Waals surface area contributed by atoms with Gasteiger partial charge in [-0.1, -0.05) is 24.3 Å². The Morgan fingerprint density at radius 2 is 1.91 bits per heavy atom. The van der Waals surface area contributed by atoms with Crippen LogP contribution < -0.4 is 5.32 Å². The van der Waals surface area contributed by atoms with Gasteiger partial charge in [-0.05, 0) is 70.9 Å². The Balaban J connectivity index is 1.40. The van der Waals surface area contributed by atoms with Crippen LogP contribution in [0.2, 0.25) is 0 Å². The number of rotatable bonds is 5. The van der Waals surface area contributed by atoms with Gasteiger partial charge in [0.25, 0.3) is 5.91 Å². The number of aromatic nitrogens is 4. The summed E-state index contributed by atoms with van der Waals surface area (Å²) in [6, 6.07) is 18.3. The third-order valence-corrected chi connectivity index (χ3v) is 7.96. The molecule has 4 heterocycles. The lowest BCUT2D eigenvalue weighted by Crippen LogP contribution is -2.47. The highest BCUT2D eigenvalue weighted by molar-refractivity contribution is 6.03. The summed E-state index contributed by atoms with van der Waals surface area (Å²) < 4.78 is 10.1. The second-order valence-electron chi connectivity index (χ2n) is 12.3. The fraction of sp³-hybridized carbons (Fsp3) is 0.353. The van der Waals surface area contributed by atoms with Gasteiger partial charge in [-0.3, -0.25) is 9.78 Å². The number of fused-ring (bicyclic) bond motifs is 2. The zero-order valence-electron chi connectivity index (χ0n) is 25.4. The first-order valence-corrected chi connectivity index (χ1v) is 14.9. The molecule has 0 aliphatic carbocycles. The van der Waals surface area contributed by atoms with E-state index in [9.17, 15) is 9.59 Å². The Morgan fingerprint density at radius 3 is 2.65 bits per heavy atom. The topological polar surface area (TPSA) is 94.3 Å². The number of imidazole rings is 1. The maximum absolute atomic E-state index is 14.0. The molecular weight excluding hydrogens is 540 g/mol. The smallest absolute Gasteiger partial charge is 0.407 e. The summed E-state index contributed by atoms with van der Waals surface area (Å²) in [6.45, 7) is 9.62. The number of hydrogen-bond donors (Lipinski definition) is 1. The molecule has 6 rings (SSSR count). The Morgan fingerprint density at radius 1 is 1.09 bits per heavy atom. The number of pyridine rings is 1. The number of nitrogens with zero attached hydrogens (tertiary/aromatic N) is 5. The molecule has 0 saturated carbocycles. The molecule has 9 nitrogen and oxygen atoms in total. The molecule has 1 aliphatic rings. The third kappa shape index (κ3) is 5.59. The van der Waals surface area contributed by atoms with E-state index in [4.69, 9.17) is 9.72 Å². The molecule has 1 aliphatic heterocycles. The van der Waals surface area contributed by atoms with Gasteiger partial charge >= 0.3 is 6.09 Å². The van der Waals surface area contributed by atoms with E-state index in [0.29, 0.717) is 18.7 Å². The second-order valence-corrected chi connectivity index (χ2v) is 12.3. The number of benzene rings is 2. The number of ether oxygens (including phenoxy) is 1. The molecule has 1 saturated heterocycles. The largest absolute Gasteiger partial charge is 0.444 e. The zero-order valence-corrected chi connectivity index (χ0v) is 25.4. The highest BCUT2D eigenvalue weighted by atomic mass is 16.6. The van der Waals surface area contributed by atoms with Crippen molar-refractivity contribution in [2.45, 2.75) is 58.7 Å². The number of amides is 2. The molecule has 5 aromatic rings. The Labute approximate surface area is 251 Å². The maximum atomic E-state index is 14.0. The van der Waals surface area contributed by atoms with Crippen LogP contribution >= 0.6 is 0 Å². The monoisotopic (exact) mass is 578 g/mol. The minimum absolute atomic E-state index is 0.105. The quantitative estimate of drug-likeness (QED) is 0.260. The molecule has 0 bridgehead atoms. The number of piperidine rings is 1. The molecule has 1 N–H and O–H groups in total. The van der Waals surface area contributed by atoms with E-state index in [0.717, 1.165) is 64.0 Å². The number of alkyl carbamates (subject to hydrolysis) is 1. The molecular formula is C34H38N6O3. The number of para-hydroxylation sites is 1. The summed E-state index contributed by atoms with van der Waals surface area (Å²) in [7, 11) is 2.03. The second kappa shape index (κ2) is 11.2. The van der Waals surface area contributed by atoms with Gasteiger partial charge in [-0.2, -0.15) is 0 Å². The van der Waals surface area contributed by atoms with Crippen molar-refractivity contribution in [3.8, 4) is 22.6 Å². The zero-order chi connectivity index (χ0) is 30.3. The van der Waals surface area contributed by atoms with Crippen molar-refractivity contribution in [1.29, 1.82) is 0 Å². The van der Waals surface area contributed by atoms with Crippen molar-refractivity contribution >= 4 is 33.9 Å². The van der Waals surface area contributed by atoms with Crippen molar-refractivity contribution in [2.75, 3.05) is 13.1 Å². The normalized spacial score (nSPS) is 15.7.